The van der Waals surface area contributed by atoms with Gasteiger partial charge in [0.2, 0.25) is 0 Å². The summed E-state index contributed by atoms with van der Waals surface area (Å²) in [4.78, 5) is 12.0. The minimum absolute atomic E-state index is 0.0708. The lowest BCUT2D eigenvalue weighted by atomic mass is 10.1. The molecule has 20 heavy (non-hydrogen) atoms. The van der Waals surface area contributed by atoms with E-state index in [0.29, 0.717) is 6.42 Å². The molecule has 1 heterocycles. The molecular formula is C14H17NO4S. The summed E-state index contributed by atoms with van der Waals surface area (Å²) in [7, 11) is -3.93. The third-order valence-electron chi connectivity index (χ3n) is 3.21. The Morgan fingerprint density at radius 1 is 1.35 bits per heavy atom. The molecule has 1 aliphatic heterocycles. The van der Waals surface area contributed by atoms with Gasteiger partial charge >= 0.3 is 6.09 Å². The highest BCUT2D eigenvalue weighted by molar-refractivity contribution is 7.89. The van der Waals surface area contributed by atoms with Crippen LogP contribution >= 0.6 is 0 Å². The van der Waals surface area contributed by atoms with Gasteiger partial charge in [0.15, 0.2) is 0 Å². The molecule has 5 nitrogen and oxygen atoms in total. The number of amides is 1. The van der Waals surface area contributed by atoms with Crippen LogP contribution in [-0.4, -0.2) is 31.0 Å². The summed E-state index contributed by atoms with van der Waals surface area (Å²) in [6.45, 7) is 7.20. The van der Waals surface area contributed by atoms with Crippen LogP contribution in [0.3, 0.4) is 0 Å². The first-order valence-electron chi connectivity index (χ1n) is 6.30. The predicted octanol–water partition coefficient (Wildman–Crippen LogP) is 2.47. The molecule has 1 aromatic carbocycles. The summed E-state index contributed by atoms with van der Waals surface area (Å²) in [5, 5.41) is 0. The number of nitrogens with zero attached hydrogens (tertiary/aromatic N) is 1. The van der Waals surface area contributed by atoms with Crippen LogP contribution in [0.5, 0.6) is 0 Å². The first-order valence-corrected chi connectivity index (χ1v) is 7.74. The van der Waals surface area contributed by atoms with Crippen molar-refractivity contribution in [3.8, 4) is 0 Å². The van der Waals surface area contributed by atoms with E-state index in [-0.39, 0.29) is 11.0 Å². The molecule has 1 saturated heterocycles. The van der Waals surface area contributed by atoms with Crippen LogP contribution in [0.25, 0.3) is 0 Å². The summed E-state index contributed by atoms with van der Waals surface area (Å²) in [5.41, 5.74) is 0.944. The number of rotatable bonds is 3. The number of carbonyl (C=O) groups is 1. The maximum atomic E-state index is 12.6. The molecule has 108 valence electrons. The molecule has 2 rings (SSSR count). The molecule has 0 aliphatic carbocycles. The van der Waals surface area contributed by atoms with Crippen molar-refractivity contribution in [3.63, 3.8) is 0 Å². The maximum absolute atomic E-state index is 12.6. The topological polar surface area (TPSA) is 63.7 Å². The van der Waals surface area contributed by atoms with Crippen molar-refractivity contribution in [2.75, 3.05) is 0 Å². The first kappa shape index (κ1) is 14.6. The van der Waals surface area contributed by atoms with E-state index >= 15 is 0 Å². The van der Waals surface area contributed by atoms with E-state index in [4.69, 9.17) is 4.74 Å². The van der Waals surface area contributed by atoms with Gasteiger partial charge in [-0.15, -0.1) is 6.58 Å². The number of aryl methyl sites for hydroxylation is 1. The Balaban J connectivity index is 2.43. The third-order valence-corrected chi connectivity index (χ3v) is 5.01. The summed E-state index contributed by atoms with van der Waals surface area (Å²) in [6, 6.07) is 5.76. The van der Waals surface area contributed by atoms with Gasteiger partial charge in [-0.2, -0.15) is 4.31 Å². The average molecular weight is 295 g/mol. The van der Waals surface area contributed by atoms with Crippen LogP contribution in [0.4, 0.5) is 4.79 Å². The van der Waals surface area contributed by atoms with Crippen LogP contribution in [0.2, 0.25) is 0 Å². The van der Waals surface area contributed by atoms with Crippen molar-refractivity contribution in [2.45, 2.75) is 37.3 Å². The lowest BCUT2D eigenvalue weighted by molar-refractivity contribution is 0.0452. The van der Waals surface area contributed by atoms with Gasteiger partial charge in [0, 0.05) is 6.42 Å². The smallest absolute Gasteiger partial charge is 0.424 e. The molecule has 0 saturated carbocycles. The Kier molecular flexibility index (Phi) is 3.85. The number of hydrogen-bond donors (Lipinski definition) is 0. The lowest BCUT2D eigenvalue weighted by Gasteiger charge is -2.35. The van der Waals surface area contributed by atoms with Crippen molar-refractivity contribution >= 4 is 16.1 Å². The fourth-order valence-corrected chi connectivity index (χ4v) is 3.61. The zero-order valence-corrected chi connectivity index (χ0v) is 12.3. The third kappa shape index (κ3) is 2.56. The van der Waals surface area contributed by atoms with E-state index in [1.54, 1.807) is 19.1 Å². The Morgan fingerprint density at radius 3 is 2.50 bits per heavy atom. The largest absolute Gasteiger partial charge is 0.446 e. The second kappa shape index (κ2) is 5.28. The zero-order chi connectivity index (χ0) is 14.9. The standard InChI is InChI=1S/C14H17NO4S/c1-4-12-9-11(3)19-14(16)15(12)20(17,18)13-7-5-10(2)6-8-13/h4-8,11-12H,1,9H2,2-3H3/t11-,12+/m1/s1. The van der Waals surface area contributed by atoms with Gasteiger partial charge in [0.05, 0.1) is 10.9 Å². The number of sulfonamides is 1. The molecular weight excluding hydrogens is 278 g/mol. The van der Waals surface area contributed by atoms with Gasteiger partial charge in [-0.1, -0.05) is 23.8 Å². The summed E-state index contributed by atoms with van der Waals surface area (Å²) in [5.74, 6) is 0. The first-order chi connectivity index (χ1) is 9.36. The van der Waals surface area contributed by atoms with E-state index in [9.17, 15) is 13.2 Å². The Hall–Kier alpha value is -1.82. The van der Waals surface area contributed by atoms with Crippen molar-refractivity contribution in [3.05, 3.63) is 42.5 Å². The molecule has 6 heteroatoms. The second-order valence-corrected chi connectivity index (χ2v) is 6.66. The minimum Gasteiger partial charge on any atom is -0.446 e. The molecule has 0 spiro atoms. The number of carbonyl (C=O) groups excluding carboxylic acids is 1. The van der Waals surface area contributed by atoms with Crippen LogP contribution < -0.4 is 0 Å². The molecule has 1 fully saturated rings. The van der Waals surface area contributed by atoms with Crippen molar-refractivity contribution in [1.29, 1.82) is 0 Å². The van der Waals surface area contributed by atoms with Crippen LogP contribution in [-0.2, 0) is 14.8 Å². The van der Waals surface area contributed by atoms with E-state index in [0.717, 1.165) is 9.87 Å². The summed E-state index contributed by atoms with van der Waals surface area (Å²) >= 11 is 0. The van der Waals surface area contributed by atoms with Crippen LogP contribution in [0.1, 0.15) is 18.9 Å². The van der Waals surface area contributed by atoms with Gasteiger partial charge in [-0.25, -0.2) is 13.2 Å². The Bertz CT molecular complexity index is 621. The van der Waals surface area contributed by atoms with Crippen molar-refractivity contribution in [2.24, 2.45) is 0 Å². The zero-order valence-electron chi connectivity index (χ0n) is 11.4. The van der Waals surface area contributed by atoms with Gasteiger partial charge < -0.3 is 4.74 Å². The molecule has 0 aromatic heterocycles. The summed E-state index contributed by atoms with van der Waals surface area (Å²) in [6.07, 6.45) is 0.687. The maximum Gasteiger partial charge on any atom is 0.424 e. The molecule has 1 aliphatic rings. The fraction of sp³-hybridized carbons (Fsp3) is 0.357. The number of ether oxygens (including phenoxy) is 1. The highest BCUT2D eigenvalue weighted by atomic mass is 32.2. The predicted molar refractivity (Wildman–Crippen MR) is 74.7 cm³/mol. The minimum atomic E-state index is -3.93. The monoisotopic (exact) mass is 295 g/mol. The molecule has 0 radical (unpaired) electrons. The van der Waals surface area contributed by atoms with Gasteiger partial charge in [0.25, 0.3) is 10.0 Å². The Morgan fingerprint density at radius 2 is 1.95 bits per heavy atom. The van der Waals surface area contributed by atoms with E-state index in [2.05, 4.69) is 6.58 Å². The molecule has 1 aromatic rings. The molecule has 0 unspecified atom stereocenters. The highest BCUT2D eigenvalue weighted by Crippen LogP contribution is 2.27. The molecule has 0 N–H and O–H groups in total. The van der Waals surface area contributed by atoms with Gasteiger partial charge in [-0.05, 0) is 26.0 Å². The van der Waals surface area contributed by atoms with Crippen LogP contribution in [0, 0.1) is 6.92 Å². The summed E-state index contributed by atoms with van der Waals surface area (Å²) < 4.78 is 30.9. The van der Waals surface area contributed by atoms with E-state index < -0.39 is 22.2 Å². The lowest BCUT2D eigenvalue weighted by Crippen LogP contribution is -2.50. The Labute approximate surface area is 118 Å². The highest BCUT2D eigenvalue weighted by Gasteiger charge is 2.40. The normalized spacial score (nSPS) is 23.3. The average Bonchev–Trinajstić information content (AvgIpc) is 2.37. The van der Waals surface area contributed by atoms with Gasteiger partial charge in [-0.3, -0.25) is 0 Å². The fourth-order valence-electron chi connectivity index (χ4n) is 2.14. The quantitative estimate of drug-likeness (QED) is 0.804. The second-order valence-electron chi connectivity index (χ2n) is 4.85. The number of cyclic esters (lactones) is 1. The van der Waals surface area contributed by atoms with E-state index in [1.807, 2.05) is 6.92 Å². The van der Waals surface area contributed by atoms with Gasteiger partial charge in [0.1, 0.15) is 6.10 Å². The van der Waals surface area contributed by atoms with E-state index in [1.165, 1.54) is 18.2 Å². The van der Waals surface area contributed by atoms with Crippen molar-refractivity contribution < 1.29 is 17.9 Å². The number of hydrogen-bond acceptors (Lipinski definition) is 4. The SMILES string of the molecule is C=C[C@H]1C[C@@H](C)OC(=O)N1S(=O)(=O)c1ccc(C)cc1. The molecule has 2 atom stereocenters. The molecule has 1 amide bonds. The van der Waals surface area contributed by atoms with Crippen molar-refractivity contribution in [1.82, 2.24) is 4.31 Å². The van der Waals surface area contributed by atoms with Crippen LogP contribution in [0.15, 0.2) is 41.8 Å². The number of benzene rings is 1. The molecule has 0 bridgehead atoms.